The molecule has 0 aliphatic heterocycles. The highest BCUT2D eigenvalue weighted by Gasteiger charge is 2.13. The molecule has 0 saturated heterocycles. The molecule has 1 rings (SSSR count). The molecule has 136 valence electrons. The fourth-order valence-electron chi connectivity index (χ4n) is 2.70. The lowest BCUT2D eigenvalue weighted by molar-refractivity contribution is 0.0494. The van der Waals surface area contributed by atoms with Crippen molar-refractivity contribution in [2.75, 3.05) is 6.61 Å². The zero-order chi connectivity index (χ0) is 17.6. The third-order valence-corrected chi connectivity index (χ3v) is 4.18. The number of hydrogen-bond acceptors (Lipinski definition) is 4. The molecule has 0 aliphatic rings. The standard InChI is InChI=1S/C20H32O4/c1-2-3-4-5-6-7-8-9-10-11-12-15-24-20(23)18-16-17(21)13-14-19(18)22/h13-14,16,21-22H,2-12,15H2,1H3. The first-order valence-electron chi connectivity index (χ1n) is 9.34. The molecule has 0 spiro atoms. The molecule has 0 bridgehead atoms. The van der Waals surface area contributed by atoms with Crippen LogP contribution in [0.5, 0.6) is 11.5 Å². The molecule has 4 nitrogen and oxygen atoms in total. The van der Waals surface area contributed by atoms with Crippen LogP contribution in [0.3, 0.4) is 0 Å². The molecule has 0 fully saturated rings. The maximum atomic E-state index is 11.8. The van der Waals surface area contributed by atoms with Gasteiger partial charge in [0, 0.05) is 0 Å². The molecule has 4 heteroatoms. The van der Waals surface area contributed by atoms with Gasteiger partial charge in [0.25, 0.3) is 0 Å². The lowest BCUT2D eigenvalue weighted by Gasteiger charge is -2.07. The second-order valence-corrected chi connectivity index (χ2v) is 6.37. The largest absolute Gasteiger partial charge is 0.508 e. The molecule has 0 atom stereocenters. The Hall–Kier alpha value is -1.71. The first-order valence-corrected chi connectivity index (χ1v) is 9.34. The minimum Gasteiger partial charge on any atom is -0.508 e. The molecular weight excluding hydrogens is 304 g/mol. The summed E-state index contributed by atoms with van der Waals surface area (Å²) in [5.41, 5.74) is 0.0121. The van der Waals surface area contributed by atoms with E-state index in [-0.39, 0.29) is 17.1 Å². The summed E-state index contributed by atoms with van der Waals surface area (Å²) in [5.74, 6) is -0.818. The van der Waals surface area contributed by atoms with Crippen LogP contribution in [0.2, 0.25) is 0 Å². The summed E-state index contributed by atoms with van der Waals surface area (Å²) in [5, 5.41) is 18.9. The summed E-state index contributed by atoms with van der Waals surface area (Å²) < 4.78 is 5.14. The average Bonchev–Trinajstić information content (AvgIpc) is 2.57. The fourth-order valence-corrected chi connectivity index (χ4v) is 2.70. The minimum atomic E-state index is -0.588. The second-order valence-electron chi connectivity index (χ2n) is 6.37. The maximum absolute atomic E-state index is 11.8. The van der Waals surface area contributed by atoms with Crippen molar-refractivity contribution in [3.63, 3.8) is 0 Å². The summed E-state index contributed by atoms with van der Waals surface area (Å²) in [6.07, 6.45) is 13.7. The van der Waals surface area contributed by atoms with Gasteiger partial charge in [-0.05, 0) is 24.6 Å². The van der Waals surface area contributed by atoms with E-state index in [1.165, 1.54) is 76.0 Å². The van der Waals surface area contributed by atoms with E-state index in [1.54, 1.807) is 0 Å². The fraction of sp³-hybridized carbons (Fsp3) is 0.650. The first kappa shape index (κ1) is 20.3. The number of carbonyl (C=O) groups is 1. The third-order valence-electron chi connectivity index (χ3n) is 4.18. The Bertz CT molecular complexity index is 471. The van der Waals surface area contributed by atoms with Gasteiger partial charge in [-0.25, -0.2) is 4.79 Å². The number of esters is 1. The molecule has 0 unspecified atom stereocenters. The predicted molar refractivity (Wildman–Crippen MR) is 96.5 cm³/mol. The average molecular weight is 336 g/mol. The highest BCUT2D eigenvalue weighted by atomic mass is 16.5. The number of unbranched alkanes of at least 4 members (excludes halogenated alkanes) is 10. The van der Waals surface area contributed by atoms with E-state index in [4.69, 9.17) is 4.74 Å². The van der Waals surface area contributed by atoms with Crippen molar-refractivity contribution in [2.24, 2.45) is 0 Å². The van der Waals surface area contributed by atoms with E-state index in [1.807, 2.05) is 0 Å². The van der Waals surface area contributed by atoms with Gasteiger partial charge in [0.1, 0.15) is 17.1 Å². The number of phenols is 2. The number of carbonyl (C=O) groups excluding carboxylic acids is 1. The van der Waals surface area contributed by atoms with Gasteiger partial charge in [-0.1, -0.05) is 71.1 Å². The van der Waals surface area contributed by atoms with Crippen LogP contribution >= 0.6 is 0 Å². The summed E-state index contributed by atoms with van der Waals surface area (Å²) >= 11 is 0. The molecule has 24 heavy (non-hydrogen) atoms. The zero-order valence-corrected chi connectivity index (χ0v) is 14.9. The Morgan fingerprint density at radius 2 is 1.42 bits per heavy atom. The molecule has 1 aromatic carbocycles. The van der Waals surface area contributed by atoms with E-state index >= 15 is 0 Å². The van der Waals surface area contributed by atoms with Crippen molar-refractivity contribution in [3.8, 4) is 11.5 Å². The number of benzene rings is 1. The summed E-state index contributed by atoms with van der Waals surface area (Å²) in [4.78, 5) is 11.8. The minimum absolute atomic E-state index is 0.0121. The van der Waals surface area contributed by atoms with Crippen LogP contribution < -0.4 is 0 Å². The lowest BCUT2D eigenvalue weighted by atomic mass is 10.1. The van der Waals surface area contributed by atoms with E-state index in [0.29, 0.717) is 6.61 Å². The molecule has 2 N–H and O–H groups in total. The van der Waals surface area contributed by atoms with Gasteiger partial charge in [0.15, 0.2) is 0 Å². The monoisotopic (exact) mass is 336 g/mol. The van der Waals surface area contributed by atoms with Gasteiger partial charge >= 0.3 is 5.97 Å². The van der Waals surface area contributed by atoms with Gasteiger partial charge in [-0.3, -0.25) is 0 Å². The molecule has 1 aromatic rings. The SMILES string of the molecule is CCCCCCCCCCCCCOC(=O)c1cc(O)ccc1O. The van der Waals surface area contributed by atoms with E-state index in [9.17, 15) is 15.0 Å². The molecule has 0 saturated carbocycles. The highest BCUT2D eigenvalue weighted by Crippen LogP contribution is 2.22. The third kappa shape index (κ3) is 8.80. The van der Waals surface area contributed by atoms with Crippen LogP contribution in [-0.4, -0.2) is 22.8 Å². The topological polar surface area (TPSA) is 66.8 Å². The van der Waals surface area contributed by atoms with Gasteiger partial charge in [-0.15, -0.1) is 0 Å². The highest BCUT2D eigenvalue weighted by molar-refractivity contribution is 5.92. The van der Waals surface area contributed by atoms with Crippen LogP contribution in [0.15, 0.2) is 18.2 Å². The van der Waals surface area contributed by atoms with E-state index < -0.39 is 5.97 Å². The summed E-state index contributed by atoms with van der Waals surface area (Å²) in [7, 11) is 0. The van der Waals surface area contributed by atoms with Crippen LogP contribution in [0, 0.1) is 0 Å². The summed E-state index contributed by atoms with van der Waals surface area (Å²) in [6, 6.07) is 3.84. The summed E-state index contributed by atoms with van der Waals surface area (Å²) in [6.45, 7) is 2.59. The van der Waals surface area contributed by atoms with Crippen molar-refractivity contribution >= 4 is 5.97 Å². The van der Waals surface area contributed by atoms with Crippen LogP contribution in [0.25, 0.3) is 0 Å². The van der Waals surface area contributed by atoms with Gasteiger partial charge in [0.05, 0.1) is 6.61 Å². The Labute approximate surface area is 145 Å². The maximum Gasteiger partial charge on any atom is 0.342 e. The first-order chi connectivity index (χ1) is 11.6. The van der Waals surface area contributed by atoms with Crippen molar-refractivity contribution in [1.82, 2.24) is 0 Å². The second kappa shape index (κ2) is 12.7. The van der Waals surface area contributed by atoms with Crippen molar-refractivity contribution in [1.29, 1.82) is 0 Å². The number of aromatic hydroxyl groups is 2. The lowest BCUT2D eigenvalue weighted by Crippen LogP contribution is -2.06. The van der Waals surface area contributed by atoms with Crippen LogP contribution in [0.4, 0.5) is 0 Å². The number of hydrogen-bond donors (Lipinski definition) is 2. The quantitative estimate of drug-likeness (QED) is 0.281. The smallest absolute Gasteiger partial charge is 0.342 e. The normalized spacial score (nSPS) is 10.7. The molecule has 0 aliphatic carbocycles. The van der Waals surface area contributed by atoms with E-state index in [0.717, 1.165) is 12.8 Å². The molecule has 0 amide bonds. The molecular formula is C20H32O4. The van der Waals surface area contributed by atoms with Gasteiger partial charge in [-0.2, -0.15) is 0 Å². The number of phenolic OH excluding ortho intramolecular Hbond substituents is 2. The Morgan fingerprint density at radius 3 is 2.00 bits per heavy atom. The van der Waals surface area contributed by atoms with Crippen LogP contribution in [-0.2, 0) is 4.74 Å². The number of rotatable bonds is 13. The Kier molecular flexibility index (Phi) is 10.7. The van der Waals surface area contributed by atoms with Crippen molar-refractivity contribution in [2.45, 2.75) is 77.6 Å². The van der Waals surface area contributed by atoms with Crippen molar-refractivity contribution in [3.05, 3.63) is 23.8 Å². The van der Waals surface area contributed by atoms with Gasteiger partial charge in [0.2, 0.25) is 0 Å². The van der Waals surface area contributed by atoms with Crippen molar-refractivity contribution < 1.29 is 19.7 Å². The predicted octanol–water partition coefficient (Wildman–Crippen LogP) is 5.57. The molecule has 0 radical (unpaired) electrons. The molecule has 0 aromatic heterocycles. The Balaban J connectivity index is 1.98. The van der Waals surface area contributed by atoms with Crippen LogP contribution in [0.1, 0.15) is 87.9 Å². The zero-order valence-electron chi connectivity index (χ0n) is 14.9. The molecule has 0 heterocycles. The van der Waals surface area contributed by atoms with E-state index in [2.05, 4.69) is 6.92 Å². The van der Waals surface area contributed by atoms with Gasteiger partial charge < -0.3 is 14.9 Å². The Morgan fingerprint density at radius 1 is 0.875 bits per heavy atom. The number of ether oxygens (including phenoxy) is 1.